The second-order valence-electron chi connectivity index (χ2n) is 9.64. The monoisotopic (exact) mass is 455 g/mol. The maximum atomic E-state index is 13.2. The third kappa shape index (κ3) is 5.34. The third-order valence-electron chi connectivity index (χ3n) is 6.40. The van der Waals surface area contributed by atoms with Crippen LogP contribution in [0.4, 0.5) is 4.79 Å². The van der Waals surface area contributed by atoms with Crippen molar-refractivity contribution in [2.24, 2.45) is 11.8 Å². The highest BCUT2D eigenvalue weighted by Gasteiger charge is 2.45. The van der Waals surface area contributed by atoms with Crippen LogP contribution < -0.4 is 4.74 Å². The van der Waals surface area contributed by atoms with E-state index < -0.39 is 28.8 Å². The van der Waals surface area contributed by atoms with Gasteiger partial charge in [0.15, 0.2) is 0 Å². The number of sulfonamides is 1. The zero-order valence-corrected chi connectivity index (χ0v) is 19.9. The second kappa shape index (κ2) is 8.98. The number of nitrogens with zero attached hydrogens (tertiary/aromatic N) is 2. The van der Waals surface area contributed by atoms with Gasteiger partial charge in [-0.3, -0.25) is 0 Å². The van der Waals surface area contributed by atoms with E-state index in [9.17, 15) is 13.2 Å². The number of carbonyl (C=O) groups is 1. The second-order valence-corrected chi connectivity index (χ2v) is 11.6. The van der Waals surface area contributed by atoms with Gasteiger partial charge in [0.1, 0.15) is 11.4 Å². The first-order valence-corrected chi connectivity index (χ1v) is 12.6. The Kier molecular flexibility index (Phi) is 5.75. The van der Waals surface area contributed by atoms with Gasteiger partial charge in [0.2, 0.25) is 10.0 Å². The molecule has 0 spiro atoms. The van der Waals surface area contributed by atoms with Crippen molar-refractivity contribution in [3.8, 4) is 5.75 Å². The summed E-state index contributed by atoms with van der Waals surface area (Å²) in [6, 6.07) is 4.97. The van der Waals surface area contributed by atoms with Crippen molar-refractivity contribution < 1.29 is 26.8 Å². The van der Waals surface area contributed by atoms with Gasteiger partial charge in [-0.05, 0) is 76.0 Å². The Morgan fingerprint density at radius 1 is 1.16 bits per heavy atom. The van der Waals surface area contributed by atoms with Crippen LogP contribution in [0.25, 0.3) is 0 Å². The van der Waals surface area contributed by atoms with E-state index in [1.807, 2.05) is 33.8 Å². The average Bonchev–Trinajstić information content (AvgIpc) is 3.12. The lowest BCUT2D eigenvalue weighted by Gasteiger charge is -2.38. The third-order valence-corrected chi connectivity index (χ3v) is 7.70. The molecular formula is C23H36N2O5S. The number of rotatable bonds is 4. The number of hydrogen-bond donors (Lipinski definition) is 0. The van der Waals surface area contributed by atoms with E-state index in [-0.39, 0.29) is 23.6 Å². The normalized spacial score (nSPS) is 25.6. The lowest BCUT2D eigenvalue weighted by atomic mass is 9.77. The first-order chi connectivity index (χ1) is 15.6. The summed E-state index contributed by atoms with van der Waals surface area (Å²) in [7, 11) is -5.82. The van der Waals surface area contributed by atoms with Gasteiger partial charge in [-0.25, -0.2) is 17.5 Å². The summed E-state index contributed by atoms with van der Waals surface area (Å²) >= 11 is 0. The molecular weight excluding hydrogens is 416 g/mol. The van der Waals surface area contributed by atoms with Crippen molar-refractivity contribution in [3.63, 3.8) is 0 Å². The topological polar surface area (TPSA) is 76.2 Å². The molecule has 1 aromatic rings. The van der Waals surface area contributed by atoms with Gasteiger partial charge < -0.3 is 14.4 Å². The number of ether oxygens (including phenoxy) is 2. The number of carbonyl (C=O) groups excluding carboxylic acids is 1. The maximum Gasteiger partial charge on any atom is 0.410 e. The zero-order valence-electron chi connectivity index (χ0n) is 22.1. The minimum absolute atomic E-state index is 0.0935. The van der Waals surface area contributed by atoms with E-state index in [4.69, 9.17) is 13.6 Å². The minimum Gasteiger partial charge on any atom is -0.496 e. The maximum absolute atomic E-state index is 13.2. The summed E-state index contributed by atoms with van der Waals surface area (Å²) in [5, 5.41) is 0. The van der Waals surface area contributed by atoms with Gasteiger partial charge in [0.25, 0.3) is 0 Å². The molecule has 2 atom stereocenters. The molecule has 2 fully saturated rings. The summed E-state index contributed by atoms with van der Waals surface area (Å²) in [6.45, 7) is 8.71. The van der Waals surface area contributed by atoms with Gasteiger partial charge in [-0.15, -0.1) is 0 Å². The number of piperidine rings is 1. The van der Waals surface area contributed by atoms with Crippen LogP contribution in [-0.2, 0) is 14.8 Å². The Morgan fingerprint density at radius 3 is 2.42 bits per heavy atom. The van der Waals surface area contributed by atoms with Crippen molar-refractivity contribution in [2.45, 2.75) is 58.6 Å². The Balaban J connectivity index is 1.95. The number of amides is 1. The number of methoxy groups -OCH3 is 1. The van der Waals surface area contributed by atoms with Crippen molar-refractivity contribution in [1.82, 2.24) is 9.21 Å². The Labute approximate surface area is 191 Å². The summed E-state index contributed by atoms with van der Waals surface area (Å²) in [5.74, 6) is 0.581. The molecule has 0 aliphatic carbocycles. The molecule has 1 aromatic carbocycles. The van der Waals surface area contributed by atoms with E-state index in [1.54, 1.807) is 17.0 Å². The molecule has 0 radical (unpaired) electrons. The lowest BCUT2D eigenvalue weighted by Crippen LogP contribution is -2.41. The molecule has 31 heavy (non-hydrogen) atoms. The van der Waals surface area contributed by atoms with Gasteiger partial charge in [-0.2, -0.15) is 0 Å². The summed E-state index contributed by atoms with van der Waals surface area (Å²) in [6.07, 6.45) is 3.00. The molecule has 0 bridgehead atoms. The molecule has 3 rings (SSSR count). The highest BCUT2D eigenvalue weighted by Crippen LogP contribution is 2.47. The van der Waals surface area contributed by atoms with Crippen molar-refractivity contribution in [1.29, 1.82) is 0 Å². The molecule has 7 nitrogen and oxygen atoms in total. The van der Waals surface area contributed by atoms with Crippen molar-refractivity contribution >= 4 is 16.1 Å². The van der Waals surface area contributed by atoms with Crippen LogP contribution in [0.2, 0.25) is 0 Å². The average molecular weight is 456 g/mol. The van der Waals surface area contributed by atoms with Crippen LogP contribution in [0.1, 0.15) is 61.3 Å². The van der Waals surface area contributed by atoms with E-state index in [2.05, 4.69) is 0 Å². The van der Waals surface area contributed by atoms with Crippen LogP contribution in [0.5, 0.6) is 5.75 Å². The predicted molar refractivity (Wildman–Crippen MR) is 121 cm³/mol. The van der Waals surface area contributed by atoms with Gasteiger partial charge in [0, 0.05) is 19.6 Å². The molecule has 0 aromatic heterocycles. The number of hydrogen-bond acceptors (Lipinski definition) is 5. The fourth-order valence-corrected chi connectivity index (χ4v) is 5.81. The summed E-state index contributed by atoms with van der Waals surface area (Å²) in [5.41, 5.74) is 0.861. The minimum atomic E-state index is -3.23. The predicted octanol–water partition coefficient (Wildman–Crippen LogP) is 3.97. The standard InChI is InChI=1S/C23H36N2O5S/c1-16-18(8-7-9-20(16)29-5)21-19(12-15-25(21)22(26)30-23(2,3)4)17-10-13-24(14-11-17)31(6,27)28/h7-9,17,19,21H,10-15H2,1-6H3/t19?,21-/m1/s1/i5D3. The van der Waals surface area contributed by atoms with Gasteiger partial charge in [0.05, 0.1) is 23.4 Å². The SMILES string of the molecule is [2H]C([2H])([2H])Oc1cccc([C@@H]2C(C3CCN(S(C)(=O)=O)CC3)CCN2C(=O)OC(C)(C)C)c1C. The van der Waals surface area contributed by atoms with E-state index in [0.29, 0.717) is 38.0 Å². The van der Waals surface area contributed by atoms with Crippen molar-refractivity contribution in [3.05, 3.63) is 29.3 Å². The number of benzene rings is 1. The van der Waals surface area contributed by atoms with Gasteiger partial charge >= 0.3 is 6.09 Å². The molecule has 8 heteroatoms. The molecule has 1 amide bonds. The molecule has 2 aliphatic rings. The fraction of sp³-hybridized carbons (Fsp3) is 0.696. The van der Waals surface area contributed by atoms with Crippen LogP contribution in [0.3, 0.4) is 0 Å². The molecule has 0 saturated carbocycles. The highest BCUT2D eigenvalue weighted by atomic mass is 32.2. The first kappa shape index (κ1) is 19.9. The molecule has 1 unspecified atom stereocenters. The van der Waals surface area contributed by atoms with Gasteiger partial charge in [-0.1, -0.05) is 12.1 Å². The first-order valence-electron chi connectivity index (χ1n) is 12.3. The van der Waals surface area contributed by atoms with E-state index in [1.165, 1.54) is 10.6 Å². The van der Waals surface area contributed by atoms with E-state index in [0.717, 1.165) is 12.0 Å². The van der Waals surface area contributed by atoms with Crippen LogP contribution in [-0.4, -0.2) is 62.2 Å². The molecule has 0 N–H and O–H groups in total. The lowest BCUT2D eigenvalue weighted by molar-refractivity contribution is 0.0182. The van der Waals surface area contributed by atoms with E-state index >= 15 is 0 Å². The van der Waals surface area contributed by atoms with Crippen LogP contribution >= 0.6 is 0 Å². The van der Waals surface area contributed by atoms with Crippen molar-refractivity contribution in [2.75, 3.05) is 32.9 Å². The Hall–Kier alpha value is -1.80. The Bertz CT molecular complexity index is 999. The molecule has 174 valence electrons. The number of likely N-dealkylation sites (tertiary alicyclic amines) is 1. The summed E-state index contributed by atoms with van der Waals surface area (Å²) in [4.78, 5) is 14.9. The highest BCUT2D eigenvalue weighted by molar-refractivity contribution is 7.88. The molecule has 2 heterocycles. The Morgan fingerprint density at radius 2 is 1.84 bits per heavy atom. The fourth-order valence-electron chi connectivity index (χ4n) is 4.93. The van der Waals surface area contributed by atoms with Crippen LogP contribution in [0, 0.1) is 18.8 Å². The smallest absolute Gasteiger partial charge is 0.410 e. The van der Waals surface area contributed by atoms with Crippen LogP contribution in [0.15, 0.2) is 18.2 Å². The molecule has 2 saturated heterocycles. The molecule has 2 aliphatic heterocycles. The zero-order chi connectivity index (χ0) is 25.5. The largest absolute Gasteiger partial charge is 0.496 e. The summed E-state index contributed by atoms with van der Waals surface area (Å²) < 4.78 is 58.9. The quantitative estimate of drug-likeness (QED) is 0.687.